The van der Waals surface area contributed by atoms with Gasteiger partial charge in [-0.1, -0.05) is 43.7 Å². The Bertz CT molecular complexity index is 1020. The van der Waals surface area contributed by atoms with E-state index in [2.05, 4.69) is 48.3 Å². The number of rotatable bonds is 5. The zero-order valence-corrected chi connectivity index (χ0v) is 15.7. The van der Waals surface area contributed by atoms with E-state index in [4.69, 9.17) is 9.72 Å². The van der Waals surface area contributed by atoms with Crippen LogP contribution in [0.3, 0.4) is 0 Å². The number of pyridine rings is 1. The molecule has 0 amide bonds. The van der Waals surface area contributed by atoms with Crippen LogP contribution in [0.15, 0.2) is 60.8 Å². The summed E-state index contributed by atoms with van der Waals surface area (Å²) in [6.45, 7) is 2.17. The average molecular weight is 360 g/mol. The lowest BCUT2D eigenvalue weighted by molar-refractivity contribution is 0.415. The van der Waals surface area contributed by atoms with Gasteiger partial charge in [-0.15, -0.1) is 11.3 Å². The monoisotopic (exact) mass is 360 g/mol. The molecule has 4 rings (SSSR count). The largest absolute Gasteiger partial charge is 0.497 e. The molecule has 0 N–H and O–H groups in total. The van der Waals surface area contributed by atoms with E-state index in [1.54, 1.807) is 18.4 Å². The highest BCUT2D eigenvalue weighted by atomic mass is 32.1. The molecule has 0 saturated heterocycles. The van der Waals surface area contributed by atoms with Gasteiger partial charge in [-0.05, 0) is 36.2 Å². The lowest BCUT2D eigenvalue weighted by Crippen LogP contribution is -1.89. The maximum absolute atomic E-state index is 5.30. The van der Waals surface area contributed by atoms with Gasteiger partial charge in [-0.2, -0.15) is 0 Å². The van der Waals surface area contributed by atoms with E-state index in [9.17, 15) is 0 Å². The van der Waals surface area contributed by atoms with Crippen LogP contribution < -0.4 is 4.74 Å². The Morgan fingerprint density at radius 3 is 2.38 bits per heavy atom. The summed E-state index contributed by atoms with van der Waals surface area (Å²) in [6.07, 6.45) is 4.11. The molecule has 2 aromatic heterocycles. The van der Waals surface area contributed by atoms with Crippen LogP contribution in [0.5, 0.6) is 5.75 Å². The van der Waals surface area contributed by atoms with Gasteiger partial charge in [0, 0.05) is 23.0 Å². The number of benzene rings is 2. The SMILES string of the molecule is CCCc1ccc(-c2ccc(-c3nc4ccc(OC)cc4s3)cc2)cn1. The molecule has 0 bridgehead atoms. The number of ether oxygens (including phenoxy) is 1. The fraction of sp³-hybridized carbons (Fsp3) is 0.182. The van der Waals surface area contributed by atoms with Crippen molar-refractivity contribution in [2.45, 2.75) is 19.8 Å². The van der Waals surface area contributed by atoms with Crippen LogP contribution in [-0.2, 0) is 6.42 Å². The number of aryl methyl sites for hydroxylation is 1. The van der Waals surface area contributed by atoms with Crippen LogP contribution in [0.4, 0.5) is 0 Å². The number of fused-ring (bicyclic) bond motifs is 1. The van der Waals surface area contributed by atoms with Gasteiger partial charge < -0.3 is 4.74 Å². The van der Waals surface area contributed by atoms with E-state index in [1.165, 1.54) is 5.56 Å². The summed E-state index contributed by atoms with van der Waals surface area (Å²) in [4.78, 5) is 9.29. The second kappa shape index (κ2) is 7.26. The van der Waals surface area contributed by atoms with Crippen LogP contribution in [0.1, 0.15) is 19.0 Å². The van der Waals surface area contributed by atoms with Gasteiger partial charge in [-0.25, -0.2) is 4.98 Å². The van der Waals surface area contributed by atoms with Crippen LogP contribution in [0, 0.1) is 0 Å². The fourth-order valence-corrected chi connectivity index (χ4v) is 3.96. The van der Waals surface area contributed by atoms with Crippen molar-refractivity contribution in [3.63, 3.8) is 0 Å². The Morgan fingerprint density at radius 2 is 1.69 bits per heavy atom. The van der Waals surface area contributed by atoms with Crippen molar-refractivity contribution in [3.05, 3.63) is 66.5 Å². The molecule has 0 aliphatic heterocycles. The van der Waals surface area contributed by atoms with Crippen LogP contribution in [0.25, 0.3) is 31.9 Å². The van der Waals surface area contributed by atoms with Gasteiger partial charge in [0.15, 0.2) is 0 Å². The quantitative estimate of drug-likeness (QED) is 0.439. The molecule has 0 saturated carbocycles. The minimum Gasteiger partial charge on any atom is -0.497 e. The molecule has 4 heteroatoms. The summed E-state index contributed by atoms with van der Waals surface area (Å²) >= 11 is 1.69. The maximum atomic E-state index is 5.30. The number of nitrogens with zero attached hydrogens (tertiary/aromatic N) is 2. The molecule has 3 nitrogen and oxygen atoms in total. The van der Waals surface area contributed by atoms with Gasteiger partial charge >= 0.3 is 0 Å². The second-order valence-electron chi connectivity index (χ2n) is 6.22. The third-order valence-corrected chi connectivity index (χ3v) is 5.46. The molecule has 26 heavy (non-hydrogen) atoms. The number of thiazole rings is 1. The molecular weight excluding hydrogens is 340 g/mol. The molecule has 2 aromatic carbocycles. The number of hydrogen-bond acceptors (Lipinski definition) is 4. The second-order valence-corrected chi connectivity index (χ2v) is 7.25. The summed E-state index contributed by atoms with van der Waals surface area (Å²) in [5.74, 6) is 0.863. The number of methoxy groups -OCH3 is 1. The Balaban J connectivity index is 1.61. The molecule has 0 unspecified atom stereocenters. The molecule has 4 aromatic rings. The van der Waals surface area contributed by atoms with Gasteiger partial charge in [0.1, 0.15) is 10.8 Å². The molecule has 2 heterocycles. The summed E-state index contributed by atoms with van der Waals surface area (Å²) in [5, 5.41) is 1.02. The van der Waals surface area contributed by atoms with Gasteiger partial charge in [-0.3, -0.25) is 4.98 Å². The maximum Gasteiger partial charge on any atom is 0.124 e. The Hall–Kier alpha value is -2.72. The molecule has 0 spiro atoms. The predicted molar refractivity (Wildman–Crippen MR) is 109 cm³/mol. The first kappa shape index (κ1) is 16.7. The minimum atomic E-state index is 0.863. The Labute approximate surface area is 157 Å². The van der Waals surface area contributed by atoms with Crippen molar-refractivity contribution < 1.29 is 4.74 Å². The van der Waals surface area contributed by atoms with E-state index in [1.807, 2.05) is 24.4 Å². The zero-order valence-electron chi connectivity index (χ0n) is 14.9. The number of hydrogen-bond donors (Lipinski definition) is 0. The normalized spacial score (nSPS) is 11.0. The first-order valence-corrected chi connectivity index (χ1v) is 9.59. The van der Waals surface area contributed by atoms with Gasteiger partial charge in [0.2, 0.25) is 0 Å². The average Bonchev–Trinajstić information content (AvgIpc) is 3.12. The van der Waals surface area contributed by atoms with Crippen LogP contribution >= 0.6 is 11.3 Å². The lowest BCUT2D eigenvalue weighted by Gasteiger charge is -2.04. The smallest absolute Gasteiger partial charge is 0.124 e. The van der Waals surface area contributed by atoms with Crippen molar-refractivity contribution in [2.24, 2.45) is 0 Å². The molecule has 0 radical (unpaired) electrons. The third-order valence-electron chi connectivity index (χ3n) is 4.39. The van der Waals surface area contributed by atoms with Crippen LogP contribution in [0.2, 0.25) is 0 Å². The fourth-order valence-electron chi connectivity index (χ4n) is 2.96. The molecule has 0 atom stereocenters. The van der Waals surface area contributed by atoms with E-state index >= 15 is 0 Å². The number of aromatic nitrogens is 2. The van der Waals surface area contributed by atoms with Crippen LogP contribution in [-0.4, -0.2) is 17.1 Å². The Kier molecular flexibility index (Phi) is 4.67. The predicted octanol–water partition coefficient (Wildman–Crippen LogP) is 5.99. The molecule has 0 fully saturated rings. The van der Waals surface area contributed by atoms with Crippen molar-refractivity contribution in [2.75, 3.05) is 7.11 Å². The van der Waals surface area contributed by atoms with E-state index < -0.39 is 0 Å². The topological polar surface area (TPSA) is 35.0 Å². The summed E-state index contributed by atoms with van der Waals surface area (Å²) < 4.78 is 6.44. The summed E-state index contributed by atoms with van der Waals surface area (Å²) in [7, 11) is 1.69. The first-order chi connectivity index (χ1) is 12.8. The molecule has 130 valence electrons. The highest BCUT2D eigenvalue weighted by Gasteiger charge is 2.08. The third kappa shape index (κ3) is 3.33. The molecular formula is C22H20N2OS. The summed E-state index contributed by atoms with van der Waals surface area (Å²) in [6, 6.07) is 18.8. The van der Waals surface area contributed by atoms with Crippen molar-refractivity contribution >= 4 is 21.6 Å². The standard InChI is InChI=1S/C22H20N2OS/c1-3-4-18-10-9-17(14-23-18)15-5-7-16(8-6-15)22-24-20-12-11-19(25-2)13-21(20)26-22/h5-14H,3-4H2,1-2H3. The van der Waals surface area contributed by atoms with E-state index in [0.717, 1.165) is 50.6 Å². The highest BCUT2D eigenvalue weighted by Crippen LogP contribution is 2.33. The Morgan fingerprint density at radius 1 is 0.923 bits per heavy atom. The zero-order chi connectivity index (χ0) is 17.9. The van der Waals surface area contributed by atoms with Gasteiger partial charge in [0.05, 0.1) is 17.3 Å². The molecule has 0 aliphatic rings. The minimum absolute atomic E-state index is 0.863. The summed E-state index contributed by atoms with van der Waals surface area (Å²) in [5.41, 5.74) is 5.60. The van der Waals surface area contributed by atoms with Gasteiger partial charge in [0.25, 0.3) is 0 Å². The van der Waals surface area contributed by atoms with E-state index in [-0.39, 0.29) is 0 Å². The van der Waals surface area contributed by atoms with Crippen molar-refractivity contribution in [1.82, 2.24) is 9.97 Å². The van der Waals surface area contributed by atoms with E-state index in [0.29, 0.717) is 0 Å². The van der Waals surface area contributed by atoms with Crippen molar-refractivity contribution in [3.8, 4) is 27.4 Å². The van der Waals surface area contributed by atoms with Crippen molar-refractivity contribution in [1.29, 1.82) is 0 Å². The highest BCUT2D eigenvalue weighted by molar-refractivity contribution is 7.21. The molecule has 0 aliphatic carbocycles. The first-order valence-electron chi connectivity index (χ1n) is 8.77. The lowest BCUT2D eigenvalue weighted by atomic mass is 10.1.